The number of hydrogen-bond donors (Lipinski definition) is 2. The SMILES string of the molecule is CCCCCCCCCCCCC(CCCCCCCCCCCC)NCC.CCOS(=O)(=O)O. The molecule has 0 unspecified atom stereocenters. The van der Waals surface area contributed by atoms with Crippen LogP contribution in [0.3, 0.4) is 0 Å². The van der Waals surface area contributed by atoms with E-state index in [-0.39, 0.29) is 6.61 Å². The second kappa shape index (κ2) is 30.1. The van der Waals surface area contributed by atoms with Crippen LogP contribution in [0.5, 0.6) is 0 Å². The lowest BCUT2D eigenvalue weighted by Gasteiger charge is -2.17. The van der Waals surface area contributed by atoms with Gasteiger partial charge in [-0.2, -0.15) is 8.42 Å². The lowest BCUT2D eigenvalue weighted by atomic mass is 9.99. The minimum atomic E-state index is -4.17. The van der Waals surface area contributed by atoms with Crippen molar-refractivity contribution in [3.8, 4) is 0 Å². The third-order valence-electron chi connectivity index (χ3n) is 6.57. The molecule has 0 aliphatic carbocycles. The van der Waals surface area contributed by atoms with Crippen molar-refractivity contribution in [1.82, 2.24) is 5.32 Å². The summed E-state index contributed by atoms with van der Waals surface area (Å²) in [6.07, 6.45) is 31.8. The molecule has 0 aliphatic heterocycles. The normalized spacial score (nSPS) is 11.6. The van der Waals surface area contributed by atoms with Crippen LogP contribution in [-0.4, -0.2) is 32.2 Å². The quantitative estimate of drug-likeness (QED) is 0.0875. The van der Waals surface area contributed by atoms with E-state index in [0.29, 0.717) is 0 Å². The Kier molecular flexibility index (Phi) is 31.8. The van der Waals surface area contributed by atoms with Gasteiger partial charge in [-0.25, -0.2) is 4.18 Å². The largest absolute Gasteiger partial charge is 0.397 e. The maximum atomic E-state index is 9.56. The standard InChI is InChI=1S/C27H57N.C2H6O4S/c1-4-7-9-11-13-15-17-19-21-23-25-27(28-6-3)26-24-22-20-18-16-14-12-10-8-5-2;1-2-6-7(3,4)5/h27-28H,4-26H2,1-3H3;2H2,1H3,(H,3,4,5). The van der Waals surface area contributed by atoms with Gasteiger partial charge in [0.05, 0.1) is 6.61 Å². The second-order valence-corrected chi connectivity index (χ2v) is 11.1. The number of rotatable bonds is 26. The highest BCUT2D eigenvalue weighted by atomic mass is 32.3. The monoisotopic (exact) mass is 521 g/mol. The van der Waals surface area contributed by atoms with Crippen molar-refractivity contribution in [3.63, 3.8) is 0 Å². The summed E-state index contributed by atoms with van der Waals surface area (Å²) in [5.74, 6) is 0. The van der Waals surface area contributed by atoms with Crippen LogP contribution >= 0.6 is 0 Å². The summed E-state index contributed by atoms with van der Waals surface area (Å²) in [6, 6.07) is 0.785. The Labute approximate surface area is 220 Å². The molecule has 0 spiro atoms. The van der Waals surface area contributed by atoms with Crippen molar-refractivity contribution in [2.45, 2.75) is 175 Å². The first kappa shape index (κ1) is 37.0. The third kappa shape index (κ3) is 36.1. The van der Waals surface area contributed by atoms with Gasteiger partial charge in [0.15, 0.2) is 0 Å². The molecule has 35 heavy (non-hydrogen) atoms. The van der Waals surface area contributed by atoms with Gasteiger partial charge in [0.1, 0.15) is 0 Å². The molecule has 0 aromatic rings. The van der Waals surface area contributed by atoms with Crippen LogP contribution in [0.2, 0.25) is 0 Å². The maximum absolute atomic E-state index is 9.56. The summed E-state index contributed by atoms with van der Waals surface area (Å²) in [4.78, 5) is 0. The third-order valence-corrected chi connectivity index (χ3v) is 7.11. The first-order chi connectivity index (χ1) is 16.9. The molecule has 0 saturated heterocycles. The van der Waals surface area contributed by atoms with Crippen molar-refractivity contribution < 1.29 is 17.2 Å². The van der Waals surface area contributed by atoms with E-state index in [0.717, 1.165) is 12.6 Å². The summed E-state index contributed by atoms with van der Waals surface area (Å²) in [7, 11) is -4.17. The lowest BCUT2D eigenvalue weighted by Crippen LogP contribution is -2.28. The fourth-order valence-electron chi connectivity index (χ4n) is 4.54. The molecule has 0 atom stereocenters. The van der Waals surface area contributed by atoms with Crippen LogP contribution in [0.4, 0.5) is 0 Å². The van der Waals surface area contributed by atoms with Crippen LogP contribution in [0, 0.1) is 0 Å². The van der Waals surface area contributed by atoms with Crippen molar-refractivity contribution in [2.75, 3.05) is 13.2 Å². The summed E-state index contributed by atoms with van der Waals surface area (Å²) < 4.78 is 30.7. The van der Waals surface area contributed by atoms with Gasteiger partial charge < -0.3 is 5.32 Å². The molecule has 0 aliphatic rings. The van der Waals surface area contributed by atoms with Gasteiger partial charge in [-0.15, -0.1) is 0 Å². The highest BCUT2D eigenvalue weighted by Gasteiger charge is 2.06. The molecule has 2 N–H and O–H groups in total. The average molecular weight is 522 g/mol. The summed E-state index contributed by atoms with van der Waals surface area (Å²) in [5.41, 5.74) is 0. The Balaban J connectivity index is 0. The molecule has 0 amide bonds. The van der Waals surface area contributed by atoms with Crippen molar-refractivity contribution >= 4 is 10.4 Å². The topological polar surface area (TPSA) is 75.6 Å². The van der Waals surface area contributed by atoms with Crippen LogP contribution in [0.1, 0.15) is 169 Å². The van der Waals surface area contributed by atoms with Gasteiger partial charge in [-0.1, -0.05) is 149 Å². The van der Waals surface area contributed by atoms with Crippen molar-refractivity contribution in [3.05, 3.63) is 0 Å². The van der Waals surface area contributed by atoms with E-state index >= 15 is 0 Å². The van der Waals surface area contributed by atoms with Gasteiger partial charge in [0.2, 0.25) is 0 Å². The Hall–Kier alpha value is -0.170. The van der Waals surface area contributed by atoms with E-state index in [4.69, 9.17) is 4.55 Å². The summed E-state index contributed by atoms with van der Waals surface area (Å²) in [5, 5.41) is 3.74. The zero-order chi connectivity index (χ0) is 26.5. The van der Waals surface area contributed by atoms with Gasteiger partial charge in [0, 0.05) is 6.04 Å². The second-order valence-electron chi connectivity index (χ2n) is 10.0. The Morgan fingerprint density at radius 2 is 0.886 bits per heavy atom. The molecule has 0 rings (SSSR count). The van der Waals surface area contributed by atoms with Crippen molar-refractivity contribution in [2.24, 2.45) is 0 Å². The van der Waals surface area contributed by atoms with E-state index in [1.807, 2.05) is 0 Å². The first-order valence-electron chi connectivity index (χ1n) is 15.3. The molecule has 0 fully saturated rings. The van der Waals surface area contributed by atoms with Crippen LogP contribution in [0.15, 0.2) is 0 Å². The van der Waals surface area contributed by atoms with Crippen LogP contribution < -0.4 is 5.32 Å². The summed E-state index contributed by atoms with van der Waals surface area (Å²) in [6.45, 7) is 9.45. The molecule has 0 radical (unpaired) electrons. The molecule has 6 heteroatoms. The number of hydrogen-bond acceptors (Lipinski definition) is 4. The highest BCUT2D eigenvalue weighted by molar-refractivity contribution is 7.80. The fourth-order valence-corrected chi connectivity index (χ4v) is 4.84. The molecule has 5 nitrogen and oxygen atoms in total. The first-order valence-corrected chi connectivity index (χ1v) is 16.6. The highest BCUT2D eigenvalue weighted by Crippen LogP contribution is 2.16. The van der Waals surface area contributed by atoms with E-state index < -0.39 is 10.4 Å². The molecule has 0 heterocycles. The van der Waals surface area contributed by atoms with E-state index in [2.05, 4.69) is 30.3 Å². The average Bonchev–Trinajstić information content (AvgIpc) is 2.81. The molecular weight excluding hydrogens is 458 g/mol. The molecular formula is C29H63NO4S. The van der Waals surface area contributed by atoms with Crippen molar-refractivity contribution in [1.29, 1.82) is 0 Å². The number of unbranched alkanes of at least 4 members (excludes halogenated alkanes) is 18. The zero-order valence-electron chi connectivity index (χ0n) is 24.1. The zero-order valence-corrected chi connectivity index (χ0v) is 24.9. The van der Waals surface area contributed by atoms with Gasteiger partial charge in [0.25, 0.3) is 0 Å². The molecule has 0 aromatic heterocycles. The maximum Gasteiger partial charge on any atom is 0.397 e. The predicted octanol–water partition coefficient (Wildman–Crippen LogP) is 9.41. The Morgan fingerprint density at radius 3 is 1.11 bits per heavy atom. The molecule has 0 bridgehead atoms. The smallest absolute Gasteiger partial charge is 0.314 e. The minimum Gasteiger partial charge on any atom is -0.314 e. The molecule has 0 aromatic carbocycles. The molecule has 0 saturated carbocycles. The van der Waals surface area contributed by atoms with Crippen LogP contribution in [-0.2, 0) is 14.6 Å². The lowest BCUT2D eigenvalue weighted by molar-refractivity contribution is 0.283. The van der Waals surface area contributed by atoms with E-state index in [1.165, 1.54) is 148 Å². The molecule has 214 valence electrons. The van der Waals surface area contributed by atoms with Gasteiger partial charge in [-0.05, 0) is 26.3 Å². The predicted molar refractivity (Wildman–Crippen MR) is 154 cm³/mol. The summed E-state index contributed by atoms with van der Waals surface area (Å²) >= 11 is 0. The van der Waals surface area contributed by atoms with E-state index in [1.54, 1.807) is 0 Å². The number of nitrogens with one attached hydrogen (secondary N) is 1. The minimum absolute atomic E-state index is 0.0289. The van der Waals surface area contributed by atoms with E-state index in [9.17, 15) is 8.42 Å². The van der Waals surface area contributed by atoms with Gasteiger partial charge >= 0.3 is 10.4 Å². The fraction of sp³-hybridized carbons (Fsp3) is 1.00. The Bertz CT molecular complexity index is 461. The van der Waals surface area contributed by atoms with Crippen LogP contribution in [0.25, 0.3) is 0 Å². The Morgan fingerprint density at radius 1 is 0.571 bits per heavy atom. The van der Waals surface area contributed by atoms with Gasteiger partial charge in [-0.3, -0.25) is 4.55 Å².